The van der Waals surface area contributed by atoms with Crippen LogP contribution in [0.5, 0.6) is 0 Å². The summed E-state index contributed by atoms with van der Waals surface area (Å²) in [5.41, 5.74) is 15.3. The monoisotopic (exact) mass is 667 g/mol. The molecule has 9 aromatic rings. The lowest BCUT2D eigenvalue weighted by molar-refractivity contribution is 0.626. The molecule has 0 spiro atoms. The maximum absolute atomic E-state index is 6.71. The van der Waals surface area contributed by atoms with Gasteiger partial charge in [0.2, 0.25) is 0 Å². The van der Waals surface area contributed by atoms with Crippen molar-refractivity contribution in [3.63, 3.8) is 0 Å². The summed E-state index contributed by atoms with van der Waals surface area (Å²) in [7, 11) is 0. The molecule has 0 saturated heterocycles. The average Bonchev–Trinajstić information content (AvgIpc) is 3.58. The summed E-state index contributed by atoms with van der Waals surface area (Å²) in [5.74, 6) is 0.714. The molecule has 0 unspecified atom stereocenters. The molecule has 0 N–H and O–H groups in total. The lowest BCUT2D eigenvalue weighted by atomic mass is 9.70. The molecule has 4 nitrogen and oxygen atoms in total. The molecule has 0 fully saturated rings. The van der Waals surface area contributed by atoms with Gasteiger partial charge in [0.25, 0.3) is 0 Å². The number of para-hydroxylation sites is 1. The molecule has 2 aliphatic rings. The number of aromatic nitrogens is 2. The minimum Gasteiger partial charge on any atom is -0.456 e. The molecule has 4 heterocycles. The normalized spacial score (nSPS) is 14.0. The summed E-state index contributed by atoms with van der Waals surface area (Å²) in [6, 6.07) is 54.0. The van der Waals surface area contributed by atoms with Gasteiger partial charge >= 0.3 is 0 Å². The molecular weight excluding hydrogens is 635 g/mol. The van der Waals surface area contributed by atoms with Crippen LogP contribution in [0.3, 0.4) is 0 Å². The van der Waals surface area contributed by atoms with Gasteiger partial charge in [0.1, 0.15) is 11.2 Å². The van der Waals surface area contributed by atoms with Crippen LogP contribution in [0.2, 0.25) is 0 Å². The smallest absolute Gasteiger partial charge is 0.160 e. The fraction of sp³-hybridized carbons (Fsp3) is 0.0833. The highest BCUT2D eigenvalue weighted by molar-refractivity contribution is 6.10. The molecule has 0 bridgehead atoms. The number of hydrogen-bond donors (Lipinski definition) is 0. The van der Waals surface area contributed by atoms with E-state index in [-0.39, 0.29) is 5.41 Å². The number of hydrogen-bond acceptors (Lipinski definition) is 4. The largest absolute Gasteiger partial charge is 0.456 e. The van der Waals surface area contributed by atoms with Gasteiger partial charge in [-0.05, 0) is 76.0 Å². The number of benzene rings is 7. The Kier molecular flexibility index (Phi) is 6.04. The SMILES string of the molecule is CC1(C)c2cc(-c3nc(-c4ccccc4)cc(-c4ccccc4)n3)ccc2N2c3cc4ccccc4cc3Cc3c2c1cc1c3oc2ccccc21. The summed E-state index contributed by atoms with van der Waals surface area (Å²) < 4.78 is 6.71. The van der Waals surface area contributed by atoms with Gasteiger partial charge in [0.15, 0.2) is 5.82 Å². The minimum absolute atomic E-state index is 0.327. The Balaban J connectivity index is 1.18. The van der Waals surface area contributed by atoms with Crippen LogP contribution >= 0.6 is 0 Å². The molecular formula is C48H33N3O. The number of anilines is 3. The van der Waals surface area contributed by atoms with E-state index >= 15 is 0 Å². The maximum atomic E-state index is 6.71. The first kappa shape index (κ1) is 29.2. The van der Waals surface area contributed by atoms with Crippen molar-refractivity contribution < 1.29 is 4.42 Å². The quantitative estimate of drug-likeness (QED) is 0.188. The van der Waals surface area contributed by atoms with Crippen LogP contribution in [-0.2, 0) is 11.8 Å². The van der Waals surface area contributed by atoms with Crippen molar-refractivity contribution in [2.75, 3.05) is 4.90 Å². The van der Waals surface area contributed by atoms with Crippen LogP contribution in [0, 0.1) is 0 Å². The van der Waals surface area contributed by atoms with E-state index in [0.29, 0.717) is 5.82 Å². The first-order valence-corrected chi connectivity index (χ1v) is 18.0. The Labute approximate surface area is 301 Å². The Morgan fingerprint density at radius 1 is 0.558 bits per heavy atom. The van der Waals surface area contributed by atoms with Crippen molar-refractivity contribution in [1.29, 1.82) is 0 Å². The summed E-state index contributed by atoms with van der Waals surface area (Å²) in [5, 5.41) is 4.81. The molecule has 0 radical (unpaired) electrons. The first-order valence-electron chi connectivity index (χ1n) is 18.0. The van der Waals surface area contributed by atoms with E-state index in [1.807, 2.05) is 12.1 Å². The lowest BCUT2D eigenvalue weighted by Gasteiger charge is -2.45. The second-order valence-corrected chi connectivity index (χ2v) is 14.6. The predicted octanol–water partition coefficient (Wildman–Crippen LogP) is 12.5. The zero-order chi connectivity index (χ0) is 34.6. The van der Waals surface area contributed by atoms with E-state index in [0.717, 1.165) is 51.1 Å². The first-order chi connectivity index (χ1) is 25.5. The molecule has 2 aromatic heterocycles. The molecule has 11 rings (SSSR count). The van der Waals surface area contributed by atoms with E-state index in [4.69, 9.17) is 14.4 Å². The van der Waals surface area contributed by atoms with Gasteiger partial charge in [0, 0.05) is 44.9 Å². The predicted molar refractivity (Wildman–Crippen MR) is 213 cm³/mol. The highest BCUT2D eigenvalue weighted by atomic mass is 16.3. The Morgan fingerprint density at radius 2 is 1.21 bits per heavy atom. The maximum Gasteiger partial charge on any atom is 0.160 e. The second-order valence-electron chi connectivity index (χ2n) is 14.6. The summed E-state index contributed by atoms with van der Waals surface area (Å²) >= 11 is 0. The van der Waals surface area contributed by atoms with Gasteiger partial charge in [0.05, 0.1) is 28.5 Å². The number of furan rings is 1. The van der Waals surface area contributed by atoms with Gasteiger partial charge in [-0.15, -0.1) is 0 Å². The molecule has 0 amide bonds. The van der Waals surface area contributed by atoms with Crippen molar-refractivity contribution in [1.82, 2.24) is 9.97 Å². The van der Waals surface area contributed by atoms with Crippen molar-refractivity contribution in [3.05, 3.63) is 174 Å². The van der Waals surface area contributed by atoms with Crippen LogP contribution in [0.4, 0.5) is 17.1 Å². The fourth-order valence-corrected chi connectivity index (χ4v) is 8.60. The Bertz CT molecular complexity index is 2850. The zero-order valence-electron chi connectivity index (χ0n) is 28.9. The molecule has 0 aliphatic carbocycles. The average molecular weight is 668 g/mol. The highest BCUT2D eigenvalue weighted by Crippen LogP contribution is 2.59. The summed E-state index contributed by atoms with van der Waals surface area (Å²) in [4.78, 5) is 12.9. The molecule has 2 aliphatic heterocycles. The van der Waals surface area contributed by atoms with Crippen LogP contribution < -0.4 is 4.90 Å². The fourth-order valence-electron chi connectivity index (χ4n) is 8.60. The van der Waals surface area contributed by atoms with Gasteiger partial charge in [-0.25, -0.2) is 9.97 Å². The molecule has 4 heteroatoms. The highest BCUT2D eigenvalue weighted by Gasteiger charge is 2.42. The molecule has 246 valence electrons. The molecule has 52 heavy (non-hydrogen) atoms. The summed E-state index contributed by atoms with van der Waals surface area (Å²) in [6.07, 6.45) is 0.808. The van der Waals surface area contributed by atoms with Crippen molar-refractivity contribution >= 4 is 49.8 Å². The number of fused-ring (bicyclic) bond motifs is 9. The van der Waals surface area contributed by atoms with E-state index in [9.17, 15) is 0 Å². The lowest BCUT2D eigenvalue weighted by Crippen LogP contribution is -2.33. The van der Waals surface area contributed by atoms with E-state index in [1.165, 1.54) is 55.5 Å². The number of rotatable bonds is 3. The van der Waals surface area contributed by atoms with Crippen LogP contribution in [0.15, 0.2) is 156 Å². The molecule has 0 atom stereocenters. The Hall–Kier alpha value is -6.52. The van der Waals surface area contributed by atoms with Crippen LogP contribution in [0.25, 0.3) is 66.6 Å². The van der Waals surface area contributed by atoms with E-state index in [2.05, 4.69) is 158 Å². The van der Waals surface area contributed by atoms with Crippen molar-refractivity contribution in [3.8, 4) is 33.9 Å². The second kappa shape index (κ2) is 10.7. The van der Waals surface area contributed by atoms with Crippen LogP contribution in [0.1, 0.15) is 36.1 Å². The van der Waals surface area contributed by atoms with Crippen molar-refractivity contribution in [2.24, 2.45) is 0 Å². The van der Waals surface area contributed by atoms with Crippen molar-refractivity contribution in [2.45, 2.75) is 25.7 Å². The summed E-state index contributed by atoms with van der Waals surface area (Å²) in [6.45, 7) is 4.73. The standard InChI is InChI=1S/C48H33N3O/c1-48(2)38-25-33(47-49-40(29-13-5-3-6-14-29)28-41(50-47)30-15-7-4-8-16-30)21-22-42(38)51-43-26-32-18-10-9-17-31(32)23-34(43)24-37-45(51)39(48)27-36-35-19-11-12-20-44(35)52-46(36)37/h3-23,25-28H,24H2,1-2H3. The van der Waals surface area contributed by atoms with E-state index < -0.39 is 0 Å². The third kappa shape index (κ3) is 4.21. The molecule has 7 aromatic carbocycles. The van der Waals surface area contributed by atoms with Gasteiger partial charge in [-0.3, -0.25) is 0 Å². The van der Waals surface area contributed by atoms with Gasteiger partial charge in [-0.1, -0.05) is 117 Å². The van der Waals surface area contributed by atoms with Gasteiger partial charge < -0.3 is 9.32 Å². The minimum atomic E-state index is -0.327. The zero-order valence-corrected chi connectivity index (χ0v) is 28.9. The third-order valence-electron chi connectivity index (χ3n) is 11.2. The van der Waals surface area contributed by atoms with Gasteiger partial charge in [-0.2, -0.15) is 0 Å². The number of nitrogens with zero attached hydrogens (tertiary/aromatic N) is 3. The Morgan fingerprint density at radius 3 is 1.94 bits per heavy atom. The van der Waals surface area contributed by atoms with E-state index in [1.54, 1.807) is 0 Å². The molecule has 0 saturated carbocycles. The topological polar surface area (TPSA) is 42.2 Å². The third-order valence-corrected chi connectivity index (χ3v) is 11.2. The van der Waals surface area contributed by atoms with Crippen LogP contribution in [-0.4, -0.2) is 9.97 Å².